The van der Waals surface area contributed by atoms with E-state index in [1.807, 2.05) is 6.92 Å². The summed E-state index contributed by atoms with van der Waals surface area (Å²) in [7, 11) is 0. The van der Waals surface area contributed by atoms with E-state index in [2.05, 4.69) is 5.32 Å². The number of aliphatic hydroxyl groups excluding tert-OH is 2. The normalized spacial score (nSPS) is 14.4. The first-order chi connectivity index (χ1) is 9.60. The van der Waals surface area contributed by atoms with E-state index in [0.29, 0.717) is 10.6 Å². The van der Waals surface area contributed by atoms with Crippen LogP contribution in [0.1, 0.15) is 38.0 Å². The molecule has 2 unspecified atom stereocenters. The largest absolute Gasteiger partial charge is 0.444 e. The molecule has 21 heavy (non-hydrogen) atoms. The smallest absolute Gasteiger partial charge is 0.407 e. The standard InChI is InChI=1S/C15H22ClNO4/c1-9-5-6-10(11(16)7-9)13(19)12(18)8-17-14(20)21-15(2,3)4/h5-7,12-13,18-19H,8H2,1-4H3,(H,17,20). The fraction of sp³-hybridized carbons (Fsp3) is 0.533. The lowest BCUT2D eigenvalue weighted by Gasteiger charge is -2.22. The van der Waals surface area contributed by atoms with Crippen LogP contribution in [0.4, 0.5) is 4.79 Å². The Morgan fingerprint density at radius 2 is 2.00 bits per heavy atom. The van der Waals surface area contributed by atoms with Crippen LogP contribution in [0.2, 0.25) is 5.02 Å². The monoisotopic (exact) mass is 315 g/mol. The molecule has 2 atom stereocenters. The van der Waals surface area contributed by atoms with E-state index >= 15 is 0 Å². The Morgan fingerprint density at radius 1 is 1.38 bits per heavy atom. The molecule has 0 radical (unpaired) electrons. The molecule has 0 fully saturated rings. The summed E-state index contributed by atoms with van der Waals surface area (Å²) in [6.07, 6.45) is -3.02. The number of rotatable bonds is 4. The number of halogens is 1. The molecule has 0 aliphatic heterocycles. The maximum Gasteiger partial charge on any atom is 0.407 e. The van der Waals surface area contributed by atoms with Gasteiger partial charge in [0.1, 0.15) is 17.8 Å². The summed E-state index contributed by atoms with van der Waals surface area (Å²) in [5.41, 5.74) is 0.756. The highest BCUT2D eigenvalue weighted by atomic mass is 35.5. The lowest BCUT2D eigenvalue weighted by atomic mass is 10.0. The van der Waals surface area contributed by atoms with Crippen molar-refractivity contribution in [3.05, 3.63) is 34.3 Å². The summed E-state index contributed by atoms with van der Waals surface area (Å²) < 4.78 is 5.04. The minimum absolute atomic E-state index is 0.139. The number of nitrogens with one attached hydrogen (secondary N) is 1. The highest BCUT2D eigenvalue weighted by Crippen LogP contribution is 2.26. The molecular weight excluding hydrogens is 294 g/mol. The molecule has 1 amide bonds. The Bertz CT molecular complexity index is 499. The zero-order valence-electron chi connectivity index (χ0n) is 12.7. The number of amides is 1. The minimum Gasteiger partial charge on any atom is -0.444 e. The van der Waals surface area contributed by atoms with Crippen molar-refractivity contribution < 1.29 is 19.7 Å². The Hall–Kier alpha value is -1.30. The second kappa shape index (κ2) is 7.11. The van der Waals surface area contributed by atoms with Crippen molar-refractivity contribution in [2.45, 2.75) is 45.5 Å². The molecule has 118 valence electrons. The quantitative estimate of drug-likeness (QED) is 0.798. The van der Waals surface area contributed by atoms with E-state index in [1.165, 1.54) is 0 Å². The number of hydrogen-bond donors (Lipinski definition) is 3. The van der Waals surface area contributed by atoms with Gasteiger partial charge in [0, 0.05) is 17.1 Å². The zero-order valence-corrected chi connectivity index (χ0v) is 13.4. The van der Waals surface area contributed by atoms with E-state index in [-0.39, 0.29) is 6.54 Å². The van der Waals surface area contributed by atoms with Crippen LogP contribution in [0.15, 0.2) is 18.2 Å². The average Bonchev–Trinajstić information content (AvgIpc) is 2.33. The van der Waals surface area contributed by atoms with Crippen molar-refractivity contribution in [3.63, 3.8) is 0 Å². The molecular formula is C15H22ClNO4. The minimum atomic E-state index is -1.19. The van der Waals surface area contributed by atoms with Crippen LogP contribution in [-0.2, 0) is 4.74 Å². The first-order valence-electron chi connectivity index (χ1n) is 6.69. The summed E-state index contributed by atoms with van der Waals surface area (Å²) in [5.74, 6) is 0. The average molecular weight is 316 g/mol. The predicted molar refractivity (Wildman–Crippen MR) is 81.4 cm³/mol. The summed E-state index contributed by atoms with van der Waals surface area (Å²) in [4.78, 5) is 11.5. The third-order valence-corrected chi connectivity index (χ3v) is 3.02. The Balaban J connectivity index is 2.59. The molecule has 0 saturated carbocycles. The predicted octanol–water partition coefficient (Wildman–Crippen LogP) is 2.57. The van der Waals surface area contributed by atoms with Gasteiger partial charge in [0.15, 0.2) is 0 Å². The molecule has 1 aromatic rings. The first kappa shape index (κ1) is 17.8. The van der Waals surface area contributed by atoms with Gasteiger partial charge in [-0.15, -0.1) is 0 Å². The topological polar surface area (TPSA) is 78.8 Å². The molecule has 6 heteroatoms. The molecule has 0 bridgehead atoms. The third-order valence-electron chi connectivity index (χ3n) is 2.69. The Labute approximate surface area is 129 Å². The van der Waals surface area contributed by atoms with Crippen LogP contribution in [0.25, 0.3) is 0 Å². The molecule has 0 aromatic heterocycles. The number of benzene rings is 1. The number of hydrogen-bond acceptors (Lipinski definition) is 4. The maximum atomic E-state index is 11.5. The zero-order chi connectivity index (χ0) is 16.2. The molecule has 0 saturated heterocycles. The van der Waals surface area contributed by atoms with E-state index in [1.54, 1.807) is 39.0 Å². The van der Waals surface area contributed by atoms with E-state index < -0.39 is 23.9 Å². The fourth-order valence-corrected chi connectivity index (χ4v) is 2.04. The molecule has 5 nitrogen and oxygen atoms in total. The van der Waals surface area contributed by atoms with Crippen LogP contribution in [0, 0.1) is 6.92 Å². The van der Waals surface area contributed by atoms with Gasteiger partial charge < -0.3 is 20.3 Å². The number of aliphatic hydroxyl groups is 2. The van der Waals surface area contributed by atoms with Crippen molar-refractivity contribution >= 4 is 17.7 Å². The number of carbonyl (C=O) groups excluding carboxylic acids is 1. The summed E-state index contributed by atoms with van der Waals surface area (Å²) in [5, 5.41) is 22.8. The van der Waals surface area contributed by atoms with Gasteiger partial charge >= 0.3 is 6.09 Å². The fourth-order valence-electron chi connectivity index (χ4n) is 1.69. The van der Waals surface area contributed by atoms with Gasteiger partial charge in [-0.25, -0.2) is 4.79 Å². The lowest BCUT2D eigenvalue weighted by Crippen LogP contribution is -2.38. The van der Waals surface area contributed by atoms with E-state index in [0.717, 1.165) is 5.56 Å². The van der Waals surface area contributed by atoms with Crippen LogP contribution in [0.5, 0.6) is 0 Å². The summed E-state index contributed by atoms with van der Waals surface area (Å²) >= 11 is 6.04. The summed E-state index contributed by atoms with van der Waals surface area (Å²) in [6, 6.07) is 5.14. The Kier molecular flexibility index (Phi) is 6.01. The number of alkyl carbamates (subject to hydrolysis) is 1. The lowest BCUT2D eigenvalue weighted by molar-refractivity contribution is 0.0130. The van der Waals surface area contributed by atoms with Gasteiger partial charge in [0.05, 0.1) is 0 Å². The highest BCUT2D eigenvalue weighted by molar-refractivity contribution is 6.31. The second-order valence-corrected chi connectivity index (χ2v) is 6.33. The van der Waals surface area contributed by atoms with Gasteiger partial charge in [-0.1, -0.05) is 23.7 Å². The van der Waals surface area contributed by atoms with Crippen LogP contribution in [-0.4, -0.2) is 34.6 Å². The third kappa shape index (κ3) is 5.91. The molecule has 1 rings (SSSR count). The molecule has 1 aromatic carbocycles. The first-order valence-corrected chi connectivity index (χ1v) is 7.07. The van der Waals surface area contributed by atoms with Gasteiger partial charge in [0.2, 0.25) is 0 Å². The number of carbonyl (C=O) groups is 1. The highest BCUT2D eigenvalue weighted by Gasteiger charge is 2.23. The van der Waals surface area contributed by atoms with Crippen LogP contribution >= 0.6 is 11.6 Å². The molecule has 0 heterocycles. The number of ether oxygens (including phenoxy) is 1. The van der Waals surface area contributed by atoms with Crippen molar-refractivity contribution in [1.29, 1.82) is 0 Å². The van der Waals surface area contributed by atoms with Crippen LogP contribution < -0.4 is 5.32 Å². The molecule has 0 aliphatic rings. The van der Waals surface area contributed by atoms with Crippen molar-refractivity contribution in [1.82, 2.24) is 5.32 Å². The number of aryl methyl sites for hydroxylation is 1. The van der Waals surface area contributed by atoms with Gasteiger partial charge in [0.25, 0.3) is 0 Å². The van der Waals surface area contributed by atoms with Crippen molar-refractivity contribution in [3.8, 4) is 0 Å². The Morgan fingerprint density at radius 3 is 2.52 bits per heavy atom. The van der Waals surface area contributed by atoms with Gasteiger partial charge in [-0.2, -0.15) is 0 Å². The van der Waals surface area contributed by atoms with E-state index in [4.69, 9.17) is 16.3 Å². The van der Waals surface area contributed by atoms with E-state index in [9.17, 15) is 15.0 Å². The molecule has 0 spiro atoms. The molecule has 3 N–H and O–H groups in total. The second-order valence-electron chi connectivity index (χ2n) is 5.92. The molecule has 0 aliphatic carbocycles. The van der Waals surface area contributed by atoms with Crippen LogP contribution in [0.3, 0.4) is 0 Å². The van der Waals surface area contributed by atoms with Crippen molar-refractivity contribution in [2.75, 3.05) is 6.54 Å². The van der Waals surface area contributed by atoms with Gasteiger partial charge in [-0.05, 0) is 39.3 Å². The SMILES string of the molecule is Cc1ccc(C(O)C(O)CNC(=O)OC(C)(C)C)c(Cl)c1. The van der Waals surface area contributed by atoms with Gasteiger partial charge in [-0.3, -0.25) is 0 Å². The summed E-state index contributed by atoms with van der Waals surface area (Å²) in [6.45, 7) is 6.96. The van der Waals surface area contributed by atoms with Crippen molar-refractivity contribution in [2.24, 2.45) is 0 Å². The maximum absolute atomic E-state index is 11.5.